The predicted octanol–water partition coefficient (Wildman–Crippen LogP) is 1.69. The lowest BCUT2D eigenvalue weighted by Gasteiger charge is -2.12. The van der Waals surface area contributed by atoms with E-state index in [0.29, 0.717) is 11.4 Å². The van der Waals surface area contributed by atoms with Crippen LogP contribution in [0, 0.1) is 19.8 Å². The summed E-state index contributed by atoms with van der Waals surface area (Å²) in [7, 11) is 1.89. The highest BCUT2D eigenvalue weighted by molar-refractivity contribution is 7.09. The van der Waals surface area contributed by atoms with Gasteiger partial charge in [0.15, 0.2) is 5.69 Å². The second-order valence-electron chi connectivity index (χ2n) is 5.53. The van der Waals surface area contributed by atoms with Crippen molar-refractivity contribution in [3.05, 3.63) is 33.0 Å². The van der Waals surface area contributed by atoms with Crippen LogP contribution in [0.4, 0.5) is 0 Å². The first-order valence-electron chi connectivity index (χ1n) is 7.24. The molecule has 0 aromatic carbocycles. The highest BCUT2D eigenvalue weighted by Gasteiger charge is 2.19. The zero-order valence-electron chi connectivity index (χ0n) is 13.6. The molecule has 2 rings (SSSR count). The van der Waals surface area contributed by atoms with Crippen LogP contribution in [0.15, 0.2) is 5.38 Å². The Hall–Kier alpha value is -2.22. The van der Waals surface area contributed by atoms with Gasteiger partial charge in [0.2, 0.25) is 5.91 Å². The molecule has 0 aliphatic rings. The number of aromatic carboxylic acids is 1. The van der Waals surface area contributed by atoms with Gasteiger partial charge in [-0.1, -0.05) is 6.92 Å². The Bertz CT molecular complexity index is 735. The predicted molar refractivity (Wildman–Crippen MR) is 86.5 cm³/mol. The molecule has 0 aliphatic heterocycles. The SMILES string of the molecule is Cc1nn(C)c(C)c1C[C@@H](C)C(=O)NCc1nc(C(=O)O)cs1. The molecular formula is C15H20N4O3S. The molecule has 0 saturated heterocycles. The van der Waals surface area contributed by atoms with E-state index in [-0.39, 0.29) is 24.1 Å². The van der Waals surface area contributed by atoms with Crippen molar-refractivity contribution in [3.63, 3.8) is 0 Å². The van der Waals surface area contributed by atoms with Crippen LogP contribution in [0.1, 0.15) is 39.4 Å². The molecule has 2 aromatic heterocycles. The fraction of sp³-hybridized carbons (Fsp3) is 0.467. The van der Waals surface area contributed by atoms with E-state index in [4.69, 9.17) is 5.11 Å². The molecule has 2 heterocycles. The molecule has 0 radical (unpaired) electrons. The first-order chi connectivity index (χ1) is 10.8. The molecule has 7 nitrogen and oxygen atoms in total. The number of nitrogens with zero attached hydrogens (tertiary/aromatic N) is 3. The Morgan fingerprint density at radius 2 is 2.13 bits per heavy atom. The van der Waals surface area contributed by atoms with E-state index in [9.17, 15) is 9.59 Å². The van der Waals surface area contributed by atoms with Gasteiger partial charge in [0.05, 0.1) is 12.2 Å². The van der Waals surface area contributed by atoms with E-state index in [1.807, 2.05) is 32.5 Å². The van der Waals surface area contributed by atoms with Crippen LogP contribution < -0.4 is 5.32 Å². The summed E-state index contributed by atoms with van der Waals surface area (Å²) >= 11 is 1.22. The standard InChI is InChI=1S/C15H20N4O3S/c1-8(5-11-9(2)18-19(4)10(11)3)14(20)16-6-13-17-12(7-23-13)15(21)22/h7-8H,5-6H2,1-4H3,(H,16,20)(H,21,22)/t8-/m1/s1. The van der Waals surface area contributed by atoms with Gasteiger partial charge < -0.3 is 10.4 Å². The Balaban J connectivity index is 1.93. The number of carboxylic acids is 1. The van der Waals surface area contributed by atoms with Crippen molar-refractivity contribution < 1.29 is 14.7 Å². The maximum atomic E-state index is 12.2. The van der Waals surface area contributed by atoms with Crippen LogP contribution in [0.3, 0.4) is 0 Å². The second-order valence-corrected chi connectivity index (χ2v) is 6.47. The fourth-order valence-electron chi connectivity index (χ4n) is 2.34. The lowest BCUT2D eigenvalue weighted by Crippen LogP contribution is -2.30. The summed E-state index contributed by atoms with van der Waals surface area (Å²) in [5.74, 6) is -1.34. The molecule has 2 N–H and O–H groups in total. The van der Waals surface area contributed by atoms with Crippen molar-refractivity contribution in [3.8, 4) is 0 Å². The molecule has 23 heavy (non-hydrogen) atoms. The Kier molecular flexibility index (Phi) is 5.15. The Labute approximate surface area is 138 Å². The molecule has 2 aromatic rings. The van der Waals surface area contributed by atoms with Crippen LogP contribution in [0.5, 0.6) is 0 Å². The van der Waals surface area contributed by atoms with Crippen molar-refractivity contribution in [2.24, 2.45) is 13.0 Å². The van der Waals surface area contributed by atoms with Crippen molar-refractivity contribution in [2.75, 3.05) is 0 Å². The number of carbonyl (C=O) groups is 2. The molecule has 0 saturated carbocycles. The maximum Gasteiger partial charge on any atom is 0.355 e. The summed E-state index contributed by atoms with van der Waals surface area (Å²) in [5.41, 5.74) is 3.11. The first kappa shape index (κ1) is 17.1. The molecule has 124 valence electrons. The molecule has 0 unspecified atom stereocenters. The third-order valence-corrected chi connectivity index (χ3v) is 4.65. The number of thiazole rings is 1. The van der Waals surface area contributed by atoms with Gasteiger partial charge in [0.1, 0.15) is 5.01 Å². The number of rotatable bonds is 6. The summed E-state index contributed by atoms with van der Waals surface area (Å²) in [5, 5.41) is 18.0. The maximum absolute atomic E-state index is 12.2. The lowest BCUT2D eigenvalue weighted by molar-refractivity contribution is -0.124. The smallest absolute Gasteiger partial charge is 0.355 e. The topological polar surface area (TPSA) is 97.1 Å². The average Bonchev–Trinajstić information content (AvgIpc) is 3.05. The molecule has 0 fully saturated rings. The highest BCUT2D eigenvalue weighted by atomic mass is 32.1. The molecular weight excluding hydrogens is 316 g/mol. The van der Waals surface area contributed by atoms with Crippen molar-refractivity contribution >= 4 is 23.2 Å². The van der Waals surface area contributed by atoms with Gasteiger partial charge in [0.25, 0.3) is 0 Å². The zero-order valence-corrected chi connectivity index (χ0v) is 14.4. The van der Waals surface area contributed by atoms with Gasteiger partial charge in [-0.15, -0.1) is 11.3 Å². The number of aromatic nitrogens is 3. The number of carbonyl (C=O) groups excluding carboxylic acids is 1. The second kappa shape index (κ2) is 6.91. The Morgan fingerprint density at radius 3 is 2.65 bits per heavy atom. The van der Waals surface area contributed by atoms with Crippen molar-refractivity contribution in [2.45, 2.75) is 33.7 Å². The number of aryl methyl sites for hydroxylation is 2. The minimum absolute atomic E-state index is 0.00825. The van der Waals surface area contributed by atoms with Crippen molar-refractivity contribution in [1.82, 2.24) is 20.1 Å². The van der Waals surface area contributed by atoms with E-state index in [1.54, 1.807) is 0 Å². The minimum atomic E-state index is -1.06. The van der Waals surface area contributed by atoms with Gasteiger partial charge in [-0.05, 0) is 25.8 Å². The first-order valence-corrected chi connectivity index (χ1v) is 8.12. The summed E-state index contributed by atoms with van der Waals surface area (Å²) in [6, 6.07) is 0. The summed E-state index contributed by atoms with van der Waals surface area (Å²) in [6.45, 7) is 6.04. The third-order valence-electron chi connectivity index (χ3n) is 3.80. The number of hydrogen-bond donors (Lipinski definition) is 2. The van der Waals surface area contributed by atoms with E-state index in [1.165, 1.54) is 16.7 Å². The lowest BCUT2D eigenvalue weighted by atomic mass is 9.99. The van der Waals surface area contributed by atoms with Crippen LogP contribution >= 0.6 is 11.3 Å². The zero-order chi connectivity index (χ0) is 17.1. The van der Waals surface area contributed by atoms with E-state index in [2.05, 4.69) is 15.4 Å². The van der Waals surface area contributed by atoms with Gasteiger partial charge in [-0.25, -0.2) is 9.78 Å². The molecule has 0 bridgehead atoms. The van der Waals surface area contributed by atoms with E-state index >= 15 is 0 Å². The van der Waals surface area contributed by atoms with Gasteiger partial charge in [-0.3, -0.25) is 9.48 Å². The monoisotopic (exact) mass is 336 g/mol. The van der Waals surface area contributed by atoms with Gasteiger partial charge >= 0.3 is 5.97 Å². The van der Waals surface area contributed by atoms with Gasteiger partial charge in [0, 0.05) is 24.0 Å². The number of hydrogen-bond acceptors (Lipinski definition) is 5. The third kappa shape index (κ3) is 3.95. The number of amides is 1. The molecule has 0 aliphatic carbocycles. The largest absolute Gasteiger partial charge is 0.476 e. The number of carboxylic acid groups (broad SMARTS) is 1. The van der Waals surface area contributed by atoms with E-state index < -0.39 is 5.97 Å². The van der Waals surface area contributed by atoms with Crippen LogP contribution in [-0.4, -0.2) is 31.7 Å². The molecule has 1 amide bonds. The molecule has 8 heteroatoms. The average molecular weight is 336 g/mol. The number of nitrogens with one attached hydrogen (secondary N) is 1. The summed E-state index contributed by atoms with van der Waals surface area (Å²) < 4.78 is 1.82. The molecule has 0 spiro atoms. The van der Waals surface area contributed by atoms with Gasteiger partial charge in [-0.2, -0.15) is 5.10 Å². The summed E-state index contributed by atoms with van der Waals surface area (Å²) in [6.07, 6.45) is 0.621. The van der Waals surface area contributed by atoms with Crippen LogP contribution in [-0.2, 0) is 24.8 Å². The highest BCUT2D eigenvalue weighted by Crippen LogP contribution is 2.17. The molecule has 1 atom stereocenters. The van der Waals surface area contributed by atoms with Crippen LogP contribution in [0.2, 0.25) is 0 Å². The fourth-order valence-corrected chi connectivity index (χ4v) is 3.05. The van der Waals surface area contributed by atoms with Crippen LogP contribution in [0.25, 0.3) is 0 Å². The minimum Gasteiger partial charge on any atom is -0.476 e. The summed E-state index contributed by atoms with van der Waals surface area (Å²) in [4.78, 5) is 26.9. The van der Waals surface area contributed by atoms with Crippen molar-refractivity contribution in [1.29, 1.82) is 0 Å². The van der Waals surface area contributed by atoms with E-state index in [0.717, 1.165) is 17.0 Å². The Morgan fingerprint density at radius 1 is 1.43 bits per heavy atom. The normalized spacial score (nSPS) is 12.2. The quantitative estimate of drug-likeness (QED) is 0.836.